The zero-order valence-corrected chi connectivity index (χ0v) is 22.3. The second-order valence-corrected chi connectivity index (χ2v) is 9.48. The first kappa shape index (κ1) is 24.4. The van der Waals surface area contributed by atoms with E-state index in [1.807, 2.05) is 26.0 Å². The van der Waals surface area contributed by atoms with Gasteiger partial charge in [-0.15, -0.1) is 0 Å². The lowest BCUT2D eigenvalue weighted by atomic mass is 10.1. The van der Waals surface area contributed by atoms with Gasteiger partial charge in [0.15, 0.2) is 0 Å². The fourth-order valence-corrected chi connectivity index (χ4v) is 4.84. The summed E-state index contributed by atoms with van der Waals surface area (Å²) >= 11 is 7.00. The molecule has 9 nitrogen and oxygen atoms in total. The van der Waals surface area contributed by atoms with Crippen LogP contribution in [0.1, 0.15) is 16.7 Å². The van der Waals surface area contributed by atoms with Crippen LogP contribution in [0.3, 0.4) is 0 Å². The summed E-state index contributed by atoms with van der Waals surface area (Å²) < 4.78 is 12.7. The van der Waals surface area contributed by atoms with Crippen molar-refractivity contribution in [2.45, 2.75) is 13.8 Å². The van der Waals surface area contributed by atoms with Crippen molar-refractivity contribution in [2.24, 2.45) is 5.10 Å². The Morgan fingerprint density at radius 3 is 2.59 bits per heavy atom. The van der Waals surface area contributed by atoms with Crippen LogP contribution in [-0.4, -0.2) is 54.6 Å². The third kappa shape index (κ3) is 6.02. The molecule has 1 fully saturated rings. The molecule has 2 N–H and O–H groups in total. The molecule has 0 atom stereocenters. The van der Waals surface area contributed by atoms with E-state index in [4.69, 9.17) is 9.47 Å². The van der Waals surface area contributed by atoms with E-state index in [2.05, 4.69) is 85.8 Å². The van der Waals surface area contributed by atoms with Crippen molar-refractivity contribution in [3.63, 3.8) is 0 Å². The third-order valence-electron chi connectivity index (χ3n) is 5.17. The summed E-state index contributed by atoms with van der Waals surface area (Å²) in [4.78, 5) is 15.8. The molecule has 1 aliphatic rings. The van der Waals surface area contributed by atoms with Crippen LogP contribution < -0.4 is 20.4 Å². The van der Waals surface area contributed by atoms with Crippen LogP contribution in [0.5, 0.6) is 5.75 Å². The highest BCUT2D eigenvalue weighted by Crippen LogP contribution is 2.31. The van der Waals surface area contributed by atoms with Gasteiger partial charge in [-0.2, -0.15) is 20.1 Å². The van der Waals surface area contributed by atoms with E-state index >= 15 is 0 Å². The lowest BCUT2D eigenvalue weighted by Gasteiger charge is -2.27. The lowest BCUT2D eigenvalue weighted by Crippen LogP contribution is -2.37. The maximum absolute atomic E-state index is 5.48. The van der Waals surface area contributed by atoms with Gasteiger partial charge >= 0.3 is 0 Å². The Morgan fingerprint density at radius 1 is 1.06 bits per heavy atom. The van der Waals surface area contributed by atoms with Gasteiger partial charge in [-0.05, 0) is 59.1 Å². The second-order valence-electron chi connectivity index (χ2n) is 7.71. The Bertz CT molecular complexity index is 1200. The van der Waals surface area contributed by atoms with Crippen molar-refractivity contribution in [2.75, 3.05) is 49.1 Å². The van der Waals surface area contributed by atoms with E-state index in [-0.39, 0.29) is 0 Å². The van der Waals surface area contributed by atoms with E-state index in [1.54, 1.807) is 13.3 Å². The number of anilines is 4. The van der Waals surface area contributed by atoms with Gasteiger partial charge in [0.1, 0.15) is 5.75 Å². The molecular weight excluding hydrogens is 566 g/mol. The van der Waals surface area contributed by atoms with E-state index in [0.29, 0.717) is 49.9 Å². The standard InChI is InChI=1S/C23H25Br2N7O2/c1-14-4-5-15(2)19(10-14)27-21-28-22(30-23(29-21)32-6-8-34-9-7-32)31-26-13-16-11-17(24)12-18(25)20(16)33-3/h4-5,10-13H,6-9H2,1-3H3,(H2,27,28,29,30,31)/b26-13-. The van der Waals surface area contributed by atoms with Gasteiger partial charge in [0.2, 0.25) is 17.8 Å². The summed E-state index contributed by atoms with van der Waals surface area (Å²) in [5.74, 6) is 2.00. The predicted molar refractivity (Wildman–Crippen MR) is 142 cm³/mol. The highest BCUT2D eigenvalue weighted by atomic mass is 79.9. The van der Waals surface area contributed by atoms with Gasteiger partial charge in [0.25, 0.3) is 0 Å². The van der Waals surface area contributed by atoms with Crippen LogP contribution in [0.4, 0.5) is 23.5 Å². The number of methoxy groups -OCH3 is 1. The Labute approximate surface area is 215 Å². The number of hydrazone groups is 1. The summed E-state index contributed by atoms with van der Waals surface area (Å²) in [5.41, 5.74) is 6.91. The van der Waals surface area contributed by atoms with Gasteiger partial charge in [-0.1, -0.05) is 28.1 Å². The molecule has 0 radical (unpaired) electrons. The summed E-state index contributed by atoms with van der Waals surface area (Å²) in [7, 11) is 1.62. The van der Waals surface area contributed by atoms with Crippen LogP contribution >= 0.6 is 31.9 Å². The maximum Gasteiger partial charge on any atom is 0.250 e. The monoisotopic (exact) mass is 589 g/mol. The number of morpholine rings is 1. The van der Waals surface area contributed by atoms with Gasteiger partial charge < -0.3 is 19.7 Å². The first-order valence-electron chi connectivity index (χ1n) is 10.7. The second kappa shape index (κ2) is 11.1. The predicted octanol–water partition coefficient (Wildman–Crippen LogP) is 5.05. The Balaban J connectivity index is 1.63. The van der Waals surface area contributed by atoms with E-state index in [0.717, 1.165) is 31.3 Å². The van der Waals surface area contributed by atoms with Crippen LogP contribution in [0.15, 0.2) is 44.4 Å². The molecule has 3 aromatic rings. The van der Waals surface area contributed by atoms with Crippen LogP contribution in [-0.2, 0) is 4.74 Å². The number of benzene rings is 2. The summed E-state index contributed by atoms with van der Waals surface area (Å²) in [6.07, 6.45) is 1.66. The number of halogens is 2. The molecule has 1 aromatic heterocycles. The molecule has 0 saturated carbocycles. The lowest BCUT2D eigenvalue weighted by molar-refractivity contribution is 0.122. The van der Waals surface area contributed by atoms with Gasteiger partial charge in [-0.25, -0.2) is 5.43 Å². The van der Waals surface area contributed by atoms with Crippen LogP contribution in [0, 0.1) is 13.8 Å². The molecule has 4 rings (SSSR count). The highest BCUT2D eigenvalue weighted by molar-refractivity contribution is 9.11. The zero-order valence-electron chi connectivity index (χ0n) is 19.1. The van der Waals surface area contributed by atoms with E-state index in [9.17, 15) is 0 Å². The largest absolute Gasteiger partial charge is 0.495 e. The quantitative estimate of drug-likeness (QED) is 0.291. The van der Waals surface area contributed by atoms with Crippen molar-refractivity contribution in [3.8, 4) is 5.75 Å². The third-order valence-corrected chi connectivity index (χ3v) is 6.21. The molecule has 2 heterocycles. The van der Waals surface area contributed by atoms with Crippen molar-refractivity contribution >= 4 is 61.6 Å². The summed E-state index contributed by atoms with van der Waals surface area (Å²) in [5, 5.41) is 7.68. The topological polar surface area (TPSA) is 96.8 Å². The van der Waals surface area contributed by atoms with E-state index < -0.39 is 0 Å². The number of nitrogens with zero attached hydrogens (tertiary/aromatic N) is 5. The van der Waals surface area contributed by atoms with Crippen LogP contribution in [0.25, 0.3) is 0 Å². The van der Waals surface area contributed by atoms with Crippen molar-refractivity contribution in [3.05, 3.63) is 56.0 Å². The zero-order chi connectivity index (χ0) is 24.1. The Hall–Kier alpha value is -2.76. The Morgan fingerprint density at radius 2 is 1.82 bits per heavy atom. The fraction of sp³-hybridized carbons (Fsp3) is 0.304. The van der Waals surface area contributed by atoms with Gasteiger partial charge in [-0.3, -0.25) is 0 Å². The van der Waals surface area contributed by atoms with Gasteiger partial charge in [0, 0.05) is 28.8 Å². The van der Waals surface area contributed by atoms with Crippen LogP contribution in [0.2, 0.25) is 0 Å². The van der Waals surface area contributed by atoms with E-state index in [1.165, 1.54) is 0 Å². The molecule has 1 saturated heterocycles. The molecule has 0 amide bonds. The normalized spacial score (nSPS) is 13.9. The molecule has 2 aromatic carbocycles. The molecule has 0 aliphatic carbocycles. The van der Waals surface area contributed by atoms with Crippen molar-refractivity contribution < 1.29 is 9.47 Å². The molecule has 178 valence electrons. The number of hydrogen-bond acceptors (Lipinski definition) is 9. The molecule has 34 heavy (non-hydrogen) atoms. The molecule has 0 unspecified atom stereocenters. The highest BCUT2D eigenvalue weighted by Gasteiger charge is 2.17. The summed E-state index contributed by atoms with van der Waals surface area (Å²) in [6, 6.07) is 10.0. The minimum absolute atomic E-state index is 0.327. The number of aryl methyl sites for hydroxylation is 2. The molecule has 0 spiro atoms. The number of hydrogen-bond donors (Lipinski definition) is 2. The number of nitrogens with one attached hydrogen (secondary N) is 2. The van der Waals surface area contributed by atoms with Gasteiger partial charge in [0.05, 0.1) is 31.0 Å². The average molecular weight is 591 g/mol. The smallest absolute Gasteiger partial charge is 0.250 e. The Kier molecular flexibility index (Phi) is 7.96. The molecule has 0 bridgehead atoms. The molecule has 11 heteroatoms. The number of ether oxygens (including phenoxy) is 2. The number of rotatable bonds is 7. The molecule has 1 aliphatic heterocycles. The maximum atomic E-state index is 5.48. The first-order valence-corrected chi connectivity index (χ1v) is 12.3. The van der Waals surface area contributed by atoms with Crippen molar-refractivity contribution in [1.29, 1.82) is 0 Å². The fourth-order valence-electron chi connectivity index (χ4n) is 3.42. The van der Waals surface area contributed by atoms with Crippen molar-refractivity contribution in [1.82, 2.24) is 15.0 Å². The first-order chi connectivity index (χ1) is 16.4. The SMILES string of the molecule is COc1c(Br)cc(Br)cc1/C=N\Nc1nc(Nc2cc(C)ccc2C)nc(N2CCOCC2)n1. The minimum Gasteiger partial charge on any atom is -0.495 e. The average Bonchev–Trinajstić information content (AvgIpc) is 2.82. The minimum atomic E-state index is 0.327. The molecular formula is C23H25Br2N7O2. The number of aromatic nitrogens is 3. The summed E-state index contributed by atoms with van der Waals surface area (Å²) in [6.45, 7) is 6.76.